The van der Waals surface area contributed by atoms with Crippen molar-refractivity contribution in [3.05, 3.63) is 48.0 Å². The predicted octanol–water partition coefficient (Wildman–Crippen LogP) is 3.47. The monoisotopic (exact) mass is 498 g/mol. The summed E-state index contributed by atoms with van der Waals surface area (Å²) < 4.78 is 10.2. The molecule has 0 radical (unpaired) electrons. The highest BCUT2D eigenvalue weighted by molar-refractivity contribution is 8.00. The molecule has 0 aromatic heterocycles. The third-order valence-electron chi connectivity index (χ3n) is 5.73. The minimum absolute atomic E-state index is 0.0665. The number of anilines is 3. The number of nitrogens with zero attached hydrogens (tertiary/aromatic N) is 2. The van der Waals surface area contributed by atoms with Crippen LogP contribution in [0.15, 0.2) is 47.4 Å². The van der Waals surface area contributed by atoms with Crippen molar-refractivity contribution in [1.29, 1.82) is 0 Å². The predicted molar refractivity (Wildman–Crippen MR) is 132 cm³/mol. The van der Waals surface area contributed by atoms with E-state index in [0.717, 1.165) is 4.90 Å². The molecule has 2 heterocycles. The van der Waals surface area contributed by atoms with Gasteiger partial charge in [0.25, 0.3) is 5.91 Å². The molecule has 2 aliphatic heterocycles. The van der Waals surface area contributed by atoms with Crippen LogP contribution in [0.5, 0.6) is 0 Å². The summed E-state index contributed by atoms with van der Waals surface area (Å²) in [5.41, 5.74) is 2.16. The van der Waals surface area contributed by atoms with Crippen LogP contribution in [0.4, 0.5) is 26.7 Å². The molecule has 0 bridgehead atoms. The van der Waals surface area contributed by atoms with Gasteiger partial charge in [0, 0.05) is 24.2 Å². The summed E-state index contributed by atoms with van der Waals surface area (Å²) in [5.74, 6) is 0.00287. The van der Waals surface area contributed by atoms with E-state index < -0.39 is 12.2 Å². The highest BCUT2D eigenvalue weighted by Gasteiger charge is 2.32. The van der Waals surface area contributed by atoms with Crippen LogP contribution >= 0.6 is 11.8 Å². The van der Waals surface area contributed by atoms with Crippen molar-refractivity contribution in [2.75, 3.05) is 48.1 Å². The van der Waals surface area contributed by atoms with Gasteiger partial charge in [-0.15, -0.1) is 11.8 Å². The molecular weight excluding hydrogens is 472 g/mol. The average Bonchev–Trinajstić information content (AvgIpc) is 3.25. The molecule has 35 heavy (non-hydrogen) atoms. The topological polar surface area (TPSA) is 117 Å². The van der Waals surface area contributed by atoms with E-state index in [-0.39, 0.29) is 17.9 Å². The maximum Gasteiger partial charge on any atom is 0.414 e. The second-order valence-corrected chi connectivity index (χ2v) is 9.10. The lowest BCUT2D eigenvalue weighted by atomic mass is 10.1. The number of rotatable bonds is 7. The maximum absolute atomic E-state index is 12.7. The summed E-state index contributed by atoms with van der Waals surface area (Å²) in [4.78, 5) is 52.4. The second-order valence-electron chi connectivity index (χ2n) is 8.08. The van der Waals surface area contributed by atoms with Gasteiger partial charge in [0.15, 0.2) is 0 Å². The lowest BCUT2D eigenvalue weighted by molar-refractivity contribution is -0.113. The van der Waals surface area contributed by atoms with Crippen molar-refractivity contribution < 1.29 is 28.7 Å². The molecule has 2 aromatic carbocycles. The highest BCUT2D eigenvalue weighted by Crippen LogP contribution is 2.35. The Labute approximate surface area is 206 Å². The van der Waals surface area contributed by atoms with Gasteiger partial charge in [-0.3, -0.25) is 19.4 Å². The number of nitrogens with one attached hydrogen (secondary N) is 2. The summed E-state index contributed by atoms with van der Waals surface area (Å²) in [6.45, 7) is 0.769. The number of fused-ring (bicyclic) bond motifs is 1. The largest absolute Gasteiger partial charge is 0.452 e. The molecule has 10 nitrogen and oxygen atoms in total. The van der Waals surface area contributed by atoms with Crippen LogP contribution in [0.25, 0.3) is 0 Å². The Balaban J connectivity index is 1.29. The van der Waals surface area contributed by atoms with Gasteiger partial charge in [-0.1, -0.05) is 12.1 Å². The number of ether oxygens (including phenoxy) is 2. The van der Waals surface area contributed by atoms with Crippen molar-refractivity contribution in [2.24, 2.45) is 0 Å². The summed E-state index contributed by atoms with van der Waals surface area (Å²) in [6, 6.07) is 12.3. The Morgan fingerprint density at radius 3 is 2.86 bits per heavy atom. The first kappa shape index (κ1) is 24.4. The summed E-state index contributed by atoms with van der Waals surface area (Å²) in [6.07, 6.45) is -0.142. The molecule has 0 spiro atoms. The van der Waals surface area contributed by atoms with E-state index in [1.807, 2.05) is 12.1 Å². The Morgan fingerprint density at radius 1 is 1.26 bits per heavy atom. The van der Waals surface area contributed by atoms with E-state index in [1.165, 1.54) is 30.8 Å². The van der Waals surface area contributed by atoms with Crippen LogP contribution in [0, 0.1) is 0 Å². The Kier molecular flexibility index (Phi) is 7.45. The van der Waals surface area contributed by atoms with Gasteiger partial charge in [-0.2, -0.15) is 0 Å². The zero-order valence-corrected chi connectivity index (χ0v) is 20.2. The van der Waals surface area contributed by atoms with Crippen molar-refractivity contribution >= 4 is 52.8 Å². The molecule has 1 unspecified atom stereocenters. The minimum Gasteiger partial charge on any atom is -0.452 e. The van der Waals surface area contributed by atoms with E-state index in [9.17, 15) is 19.2 Å². The van der Waals surface area contributed by atoms with Gasteiger partial charge >= 0.3 is 12.2 Å². The molecule has 1 fully saturated rings. The number of benzene rings is 2. The molecule has 2 aliphatic rings. The first-order valence-electron chi connectivity index (χ1n) is 11.1. The molecule has 0 aliphatic carbocycles. The van der Waals surface area contributed by atoms with Gasteiger partial charge in [0.05, 0.1) is 36.3 Å². The number of methoxy groups -OCH3 is 1. The number of para-hydroxylation sites is 1. The second kappa shape index (κ2) is 10.7. The Bertz CT molecular complexity index is 1160. The highest BCUT2D eigenvalue weighted by atomic mass is 32.2. The van der Waals surface area contributed by atoms with Crippen LogP contribution in [0.2, 0.25) is 0 Å². The molecule has 4 amide bonds. The number of carbonyl (C=O) groups excluding carboxylic acids is 4. The molecule has 0 saturated carbocycles. The molecule has 184 valence electrons. The normalized spacial score (nSPS) is 16.7. The number of cyclic esters (lactones) is 1. The van der Waals surface area contributed by atoms with Crippen molar-refractivity contribution in [3.63, 3.8) is 0 Å². The van der Waals surface area contributed by atoms with Crippen LogP contribution in [0.1, 0.15) is 23.2 Å². The lowest BCUT2D eigenvalue weighted by Gasteiger charge is -2.20. The van der Waals surface area contributed by atoms with Crippen molar-refractivity contribution in [3.8, 4) is 0 Å². The Morgan fingerprint density at radius 2 is 2.06 bits per heavy atom. The van der Waals surface area contributed by atoms with Crippen LogP contribution < -0.4 is 20.4 Å². The molecule has 1 saturated heterocycles. The number of amides is 4. The number of thioether (sulfide) groups is 1. The first-order chi connectivity index (χ1) is 16.9. The average molecular weight is 499 g/mol. The van der Waals surface area contributed by atoms with E-state index >= 15 is 0 Å². The SMILES string of the molecule is COC(=O)N(C)c1ccccc1C(=O)NCCCC1CN(c2ccc3c(c2)NC(=O)CS3)C(=O)O1. The van der Waals surface area contributed by atoms with Gasteiger partial charge in [0.1, 0.15) is 6.10 Å². The number of carbonyl (C=O) groups is 4. The van der Waals surface area contributed by atoms with E-state index in [2.05, 4.69) is 10.6 Å². The lowest BCUT2D eigenvalue weighted by Crippen LogP contribution is -2.31. The zero-order valence-electron chi connectivity index (χ0n) is 19.4. The van der Waals surface area contributed by atoms with E-state index in [0.29, 0.717) is 54.3 Å². The summed E-state index contributed by atoms with van der Waals surface area (Å²) >= 11 is 1.46. The van der Waals surface area contributed by atoms with Crippen LogP contribution in [0.3, 0.4) is 0 Å². The molecule has 2 aromatic rings. The van der Waals surface area contributed by atoms with Gasteiger partial charge in [-0.25, -0.2) is 9.59 Å². The molecule has 4 rings (SSSR count). The number of hydrogen-bond acceptors (Lipinski definition) is 7. The smallest absolute Gasteiger partial charge is 0.414 e. The van der Waals surface area contributed by atoms with E-state index in [1.54, 1.807) is 35.2 Å². The Hall–Kier alpha value is -3.73. The third-order valence-corrected chi connectivity index (χ3v) is 6.80. The number of hydrogen-bond donors (Lipinski definition) is 2. The van der Waals surface area contributed by atoms with Gasteiger partial charge < -0.3 is 20.1 Å². The maximum atomic E-state index is 12.7. The van der Waals surface area contributed by atoms with Crippen LogP contribution in [-0.2, 0) is 14.3 Å². The summed E-state index contributed by atoms with van der Waals surface area (Å²) in [5, 5.41) is 5.68. The standard InChI is InChI=1S/C24H26N4O6S/c1-27(23(31)33-2)19-8-4-3-7-17(19)22(30)25-11-5-6-16-13-28(24(32)34-16)15-9-10-20-18(12-15)26-21(29)14-35-20/h3-4,7-10,12,16H,5-6,11,13-14H2,1-2H3,(H,25,30)(H,26,29). The first-order valence-corrected chi connectivity index (χ1v) is 12.1. The fourth-order valence-electron chi connectivity index (χ4n) is 3.94. The zero-order chi connectivity index (χ0) is 24.9. The molecular formula is C24H26N4O6S. The minimum atomic E-state index is -0.571. The van der Waals surface area contributed by atoms with Crippen LogP contribution in [-0.4, -0.2) is 63.1 Å². The molecule has 1 atom stereocenters. The fourth-order valence-corrected chi connectivity index (χ4v) is 4.73. The van der Waals surface area contributed by atoms with Gasteiger partial charge in [-0.05, 0) is 43.2 Å². The fraction of sp³-hybridized carbons (Fsp3) is 0.333. The van der Waals surface area contributed by atoms with Crippen molar-refractivity contribution in [2.45, 2.75) is 23.8 Å². The van der Waals surface area contributed by atoms with Crippen molar-refractivity contribution in [1.82, 2.24) is 5.32 Å². The van der Waals surface area contributed by atoms with Gasteiger partial charge in [0.2, 0.25) is 5.91 Å². The summed E-state index contributed by atoms with van der Waals surface area (Å²) in [7, 11) is 2.81. The molecule has 2 N–H and O–H groups in total. The quantitative estimate of drug-likeness (QED) is 0.562. The molecule has 11 heteroatoms. The third kappa shape index (κ3) is 5.51. The van der Waals surface area contributed by atoms with E-state index in [4.69, 9.17) is 9.47 Å².